The first kappa shape index (κ1) is 19.0. The fraction of sp³-hybridized carbons (Fsp3) is 0.238. The number of carbonyl (C=O) groups is 1. The number of benzene rings is 2. The van der Waals surface area contributed by atoms with Crippen molar-refractivity contribution in [2.75, 3.05) is 29.9 Å². The summed E-state index contributed by atoms with van der Waals surface area (Å²) in [6, 6.07) is 12.1. The molecule has 1 amide bonds. The SMILES string of the molecule is Cc1ccc2nc(C(=O)N3CCSCC3)cc(Nc3ccc(F)c(Cl)c3)c2c1. The van der Waals surface area contributed by atoms with Gasteiger partial charge in [-0.3, -0.25) is 4.79 Å². The van der Waals surface area contributed by atoms with Gasteiger partial charge in [0.2, 0.25) is 0 Å². The Labute approximate surface area is 172 Å². The van der Waals surface area contributed by atoms with E-state index >= 15 is 0 Å². The number of aromatic nitrogens is 1. The van der Waals surface area contributed by atoms with Gasteiger partial charge in [-0.15, -0.1) is 0 Å². The molecule has 0 atom stereocenters. The van der Waals surface area contributed by atoms with Crippen molar-refractivity contribution in [3.05, 3.63) is 64.6 Å². The van der Waals surface area contributed by atoms with E-state index in [0.717, 1.165) is 46.7 Å². The zero-order valence-electron chi connectivity index (χ0n) is 15.3. The van der Waals surface area contributed by atoms with Crippen molar-refractivity contribution in [2.24, 2.45) is 0 Å². The van der Waals surface area contributed by atoms with E-state index < -0.39 is 5.82 Å². The van der Waals surface area contributed by atoms with Crippen molar-refractivity contribution in [3.63, 3.8) is 0 Å². The zero-order chi connectivity index (χ0) is 19.7. The highest BCUT2D eigenvalue weighted by Crippen LogP contribution is 2.30. The average Bonchev–Trinajstić information content (AvgIpc) is 2.71. The van der Waals surface area contributed by atoms with E-state index in [1.807, 2.05) is 41.8 Å². The number of nitrogens with zero attached hydrogens (tertiary/aromatic N) is 2. The molecule has 0 unspecified atom stereocenters. The summed E-state index contributed by atoms with van der Waals surface area (Å²) in [6.07, 6.45) is 0. The summed E-state index contributed by atoms with van der Waals surface area (Å²) in [4.78, 5) is 19.4. The third kappa shape index (κ3) is 3.93. The van der Waals surface area contributed by atoms with Crippen LogP contribution in [0.3, 0.4) is 0 Å². The number of carbonyl (C=O) groups excluding carboxylic acids is 1. The molecule has 0 radical (unpaired) electrons. The molecule has 1 aliphatic rings. The van der Waals surface area contributed by atoms with E-state index in [-0.39, 0.29) is 10.9 Å². The number of hydrogen-bond acceptors (Lipinski definition) is 4. The molecule has 0 saturated carbocycles. The third-order valence-electron chi connectivity index (χ3n) is 4.68. The molecule has 2 aromatic carbocycles. The Bertz CT molecular complexity index is 1050. The van der Waals surface area contributed by atoms with Crippen LogP contribution in [0.5, 0.6) is 0 Å². The maximum Gasteiger partial charge on any atom is 0.272 e. The highest BCUT2D eigenvalue weighted by Gasteiger charge is 2.21. The fourth-order valence-electron chi connectivity index (χ4n) is 3.21. The third-order valence-corrected chi connectivity index (χ3v) is 5.91. The largest absolute Gasteiger partial charge is 0.355 e. The Morgan fingerprint density at radius 1 is 1.18 bits per heavy atom. The van der Waals surface area contributed by atoms with Crippen molar-refractivity contribution in [3.8, 4) is 0 Å². The second kappa shape index (κ2) is 7.97. The monoisotopic (exact) mass is 415 g/mol. The van der Waals surface area contributed by atoms with Gasteiger partial charge in [0, 0.05) is 35.7 Å². The predicted octanol–water partition coefficient (Wildman–Crippen LogP) is 5.27. The average molecular weight is 416 g/mol. The van der Waals surface area contributed by atoms with Crippen molar-refractivity contribution in [1.82, 2.24) is 9.88 Å². The van der Waals surface area contributed by atoms with Gasteiger partial charge in [-0.05, 0) is 43.3 Å². The fourth-order valence-corrected chi connectivity index (χ4v) is 4.29. The minimum absolute atomic E-state index is 0.0432. The van der Waals surface area contributed by atoms with Crippen molar-refractivity contribution >= 4 is 51.5 Å². The van der Waals surface area contributed by atoms with Gasteiger partial charge in [0.1, 0.15) is 11.5 Å². The summed E-state index contributed by atoms with van der Waals surface area (Å²) in [5.41, 5.74) is 3.61. The molecule has 28 heavy (non-hydrogen) atoms. The van der Waals surface area contributed by atoms with Gasteiger partial charge in [-0.2, -0.15) is 11.8 Å². The standard InChI is InChI=1S/C21H19ClFN3OS/c1-13-2-5-18-15(10-13)19(24-14-3-4-17(23)16(22)11-14)12-20(25-18)21(27)26-6-8-28-9-7-26/h2-5,10-12H,6-9H2,1H3,(H,24,25). The number of nitrogens with one attached hydrogen (secondary N) is 1. The van der Waals surface area contributed by atoms with Crippen molar-refractivity contribution in [2.45, 2.75) is 6.92 Å². The van der Waals surface area contributed by atoms with Gasteiger partial charge in [0.05, 0.1) is 16.2 Å². The Hall–Kier alpha value is -2.31. The molecular formula is C21H19ClFN3OS. The molecule has 7 heteroatoms. The van der Waals surface area contributed by atoms with Crippen LogP contribution in [-0.2, 0) is 0 Å². The summed E-state index contributed by atoms with van der Waals surface area (Å²) in [5.74, 6) is 1.35. The lowest BCUT2D eigenvalue weighted by Gasteiger charge is -2.26. The lowest BCUT2D eigenvalue weighted by Crippen LogP contribution is -2.38. The molecule has 1 aliphatic heterocycles. The molecule has 4 nitrogen and oxygen atoms in total. The lowest BCUT2D eigenvalue weighted by atomic mass is 10.1. The highest BCUT2D eigenvalue weighted by molar-refractivity contribution is 7.99. The Kier molecular flexibility index (Phi) is 5.42. The van der Waals surface area contributed by atoms with Crippen LogP contribution in [0.1, 0.15) is 16.1 Å². The summed E-state index contributed by atoms with van der Waals surface area (Å²) in [5, 5.41) is 4.21. The molecule has 0 bridgehead atoms. The van der Waals surface area contributed by atoms with Crippen LogP contribution >= 0.6 is 23.4 Å². The van der Waals surface area contributed by atoms with Crippen molar-refractivity contribution in [1.29, 1.82) is 0 Å². The van der Waals surface area contributed by atoms with Gasteiger partial charge in [0.15, 0.2) is 0 Å². The first-order valence-corrected chi connectivity index (χ1v) is 10.5. The second-order valence-electron chi connectivity index (χ2n) is 6.73. The van der Waals surface area contributed by atoms with Crippen LogP contribution in [0.4, 0.5) is 15.8 Å². The number of amides is 1. The lowest BCUT2D eigenvalue weighted by molar-refractivity contribution is 0.0767. The van der Waals surface area contributed by atoms with Gasteiger partial charge >= 0.3 is 0 Å². The second-order valence-corrected chi connectivity index (χ2v) is 8.37. The number of halogens is 2. The van der Waals surface area contributed by atoms with Crippen LogP contribution in [0.15, 0.2) is 42.5 Å². The minimum Gasteiger partial charge on any atom is -0.355 e. The van der Waals surface area contributed by atoms with E-state index in [1.165, 1.54) is 12.1 Å². The maximum atomic E-state index is 13.5. The number of hydrogen-bond donors (Lipinski definition) is 1. The molecule has 1 N–H and O–H groups in total. The van der Waals surface area contributed by atoms with Crippen molar-refractivity contribution < 1.29 is 9.18 Å². The normalized spacial score (nSPS) is 14.3. The first-order chi connectivity index (χ1) is 13.5. The van der Waals surface area contributed by atoms with Gasteiger partial charge in [-0.25, -0.2) is 9.37 Å². The van der Waals surface area contributed by atoms with E-state index in [2.05, 4.69) is 10.3 Å². The van der Waals surface area contributed by atoms with Gasteiger partial charge < -0.3 is 10.2 Å². The van der Waals surface area contributed by atoms with Gasteiger partial charge in [-0.1, -0.05) is 23.2 Å². The number of fused-ring (bicyclic) bond motifs is 1. The quantitative estimate of drug-likeness (QED) is 0.633. The molecule has 0 spiro atoms. The zero-order valence-corrected chi connectivity index (χ0v) is 16.9. The molecule has 1 aromatic heterocycles. The van der Waals surface area contributed by atoms with Crippen LogP contribution in [0.25, 0.3) is 10.9 Å². The first-order valence-electron chi connectivity index (χ1n) is 9.02. The minimum atomic E-state index is -0.471. The summed E-state index contributed by atoms with van der Waals surface area (Å²) in [7, 11) is 0. The van der Waals surface area contributed by atoms with Crippen LogP contribution < -0.4 is 5.32 Å². The van der Waals surface area contributed by atoms with Crippen LogP contribution in [0, 0.1) is 12.7 Å². The van der Waals surface area contributed by atoms with Crippen LogP contribution in [0.2, 0.25) is 5.02 Å². The number of aryl methyl sites for hydroxylation is 1. The van der Waals surface area contributed by atoms with Crippen LogP contribution in [-0.4, -0.2) is 40.4 Å². The predicted molar refractivity (Wildman–Crippen MR) is 114 cm³/mol. The Morgan fingerprint density at radius 2 is 1.96 bits per heavy atom. The number of thioether (sulfide) groups is 1. The Morgan fingerprint density at radius 3 is 2.71 bits per heavy atom. The van der Waals surface area contributed by atoms with E-state index in [1.54, 1.807) is 12.1 Å². The highest BCUT2D eigenvalue weighted by atomic mass is 35.5. The summed E-state index contributed by atoms with van der Waals surface area (Å²) in [6.45, 7) is 3.46. The number of pyridine rings is 1. The van der Waals surface area contributed by atoms with E-state index in [4.69, 9.17) is 11.6 Å². The molecule has 1 saturated heterocycles. The van der Waals surface area contributed by atoms with E-state index in [9.17, 15) is 9.18 Å². The Balaban J connectivity index is 1.77. The van der Waals surface area contributed by atoms with E-state index in [0.29, 0.717) is 11.4 Å². The molecule has 4 rings (SSSR count). The smallest absolute Gasteiger partial charge is 0.272 e. The summed E-state index contributed by atoms with van der Waals surface area (Å²) < 4.78 is 13.5. The molecule has 0 aliphatic carbocycles. The molecule has 1 fully saturated rings. The molecule has 3 aromatic rings. The summed E-state index contributed by atoms with van der Waals surface area (Å²) >= 11 is 7.77. The molecular weight excluding hydrogens is 397 g/mol. The van der Waals surface area contributed by atoms with Gasteiger partial charge in [0.25, 0.3) is 5.91 Å². The number of anilines is 2. The molecule has 2 heterocycles. The maximum absolute atomic E-state index is 13.5. The topological polar surface area (TPSA) is 45.2 Å². The number of rotatable bonds is 3. The molecule has 144 valence electrons.